The van der Waals surface area contributed by atoms with Gasteiger partial charge >= 0.3 is 0 Å². The van der Waals surface area contributed by atoms with Crippen LogP contribution in [0.25, 0.3) is 0 Å². The van der Waals surface area contributed by atoms with Crippen LogP contribution in [-0.4, -0.2) is 25.6 Å². The van der Waals surface area contributed by atoms with Gasteiger partial charge in [-0.25, -0.2) is 0 Å². The molecular weight excluding hydrogens is 348 g/mol. The quantitative estimate of drug-likeness (QED) is 0.783. The Bertz CT molecular complexity index is 793. The summed E-state index contributed by atoms with van der Waals surface area (Å²) in [5.41, 5.74) is 4.54. The fourth-order valence-electron chi connectivity index (χ4n) is 3.61. The van der Waals surface area contributed by atoms with Crippen LogP contribution in [0.15, 0.2) is 42.5 Å². The minimum absolute atomic E-state index is 0.0265. The van der Waals surface area contributed by atoms with E-state index in [1.165, 1.54) is 18.5 Å². The maximum atomic E-state index is 12.3. The highest BCUT2D eigenvalue weighted by Crippen LogP contribution is 2.24. The Morgan fingerprint density at radius 3 is 2.50 bits per heavy atom. The number of hydrogen-bond donors (Lipinski definition) is 1. The molecule has 0 spiro atoms. The highest BCUT2D eigenvalue weighted by molar-refractivity contribution is 5.78. The number of aryl methyl sites for hydroxylation is 2. The van der Waals surface area contributed by atoms with Crippen molar-refractivity contribution >= 4 is 11.6 Å². The number of amides is 1. The summed E-state index contributed by atoms with van der Waals surface area (Å²) < 4.78 is 5.70. The topological polar surface area (TPSA) is 41.6 Å². The molecule has 2 aromatic rings. The molecule has 1 aliphatic heterocycles. The van der Waals surface area contributed by atoms with E-state index in [0.29, 0.717) is 0 Å². The first-order valence-electron chi connectivity index (χ1n) is 10.3. The van der Waals surface area contributed by atoms with Crippen LogP contribution in [0.3, 0.4) is 0 Å². The maximum Gasteiger partial charge on any atom is 0.258 e. The molecule has 28 heavy (non-hydrogen) atoms. The zero-order valence-electron chi connectivity index (χ0n) is 17.5. The Morgan fingerprint density at radius 1 is 1.14 bits per heavy atom. The minimum atomic E-state index is -0.109. The average Bonchev–Trinajstić information content (AvgIpc) is 2.69. The molecule has 1 heterocycles. The SMILES string of the molecule is Cc1ccc(C)c(OCC(=O)NC(C)c2ccc(N3CCC(C)CC3)cc2)c1. The third-order valence-corrected chi connectivity index (χ3v) is 5.62. The number of carbonyl (C=O) groups is 1. The molecule has 4 nitrogen and oxygen atoms in total. The number of nitrogens with zero attached hydrogens (tertiary/aromatic N) is 1. The van der Waals surface area contributed by atoms with Crippen LogP contribution in [0.4, 0.5) is 5.69 Å². The third-order valence-electron chi connectivity index (χ3n) is 5.62. The first-order chi connectivity index (χ1) is 13.4. The van der Waals surface area contributed by atoms with Gasteiger partial charge in [0.25, 0.3) is 5.91 Å². The van der Waals surface area contributed by atoms with E-state index < -0.39 is 0 Å². The second-order valence-corrected chi connectivity index (χ2v) is 8.11. The van der Waals surface area contributed by atoms with Gasteiger partial charge in [0.1, 0.15) is 5.75 Å². The van der Waals surface area contributed by atoms with Crippen molar-refractivity contribution < 1.29 is 9.53 Å². The molecule has 3 rings (SSSR count). The molecule has 2 aromatic carbocycles. The summed E-state index contributed by atoms with van der Waals surface area (Å²) in [5.74, 6) is 1.49. The van der Waals surface area contributed by atoms with E-state index >= 15 is 0 Å². The van der Waals surface area contributed by atoms with Crippen molar-refractivity contribution in [2.75, 3.05) is 24.6 Å². The largest absolute Gasteiger partial charge is 0.483 e. The molecule has 1 saturated heterocycles. The van der Waals surface area contributed by atoms with Crippen molar-refractivity contribution in [3.8, 4) is 5.75 Å². The van der Waals surface area contributed by atoms with Crippen LogP contribution in [0.1, 0.15) is 49.4 Å². The normalized spacial score (nSPS) is 15.9. The summed E-state index contributed by atoms with van der Waals surface area (Å²) in [6, 6.07) is 14.5. The molecule has 1 aliphatic rings. The van der Waals surface area contributed by atoms with Crippen molar-refractivity contribution in [3.05, 3.63) is 59.2 Å². The van der Waals surface area contributed by atoms with Crippen molar-refractivity contribution in [1.29, 1.82) is 0 Å². The highest BCUT2D eigenvalue weighted by Gasteiger charge is 2.16. The smallest absolute Gasteiger partial charge is 0.258 e. The zero-order chi connectivity index (χ0) is 20.1. The fourth-order valence-corrected chi connectivity index (χ4v) is 3.61. The van der Waals surface area contributed by atoms with E-state index in [0.717, 1.165) is 41.4 Å². The number of piperidine rings is 1. The number of hydrogen-bond acceptors (Lipinski definition) is 3. The lowest BCUT2D eigenvalue weighted by Crippen LogP contribution is -2.33. The number of rotatable bonds is 6. The van der Waals surface area contributed by atoms with Gasteiger partial charge in [0.15, 0.2) is 6.61 Å². The van der Waals surface area contributed by atoms with Crippen molar-refractivity contribution in [2.24, 2.45) is 5.92 Å². The lowest BCUT2D eigenvalue weighted by atomic mass is 9.98. The van der Waals surface area contributed by atoms with Gasteiger partial charge in [0.05, 0.1) is 6.04 Å². The summed E-state index contributed by atoms with van der Waals surface area (Å²) in [6.45, 7) is 10.6. The van der Waals surface area contributed by atoms with Crippen LogP contribution in [0.2, 0.25) is 0 Å². The predicted octanol–water partition coefficient (Wildman–Crippen LogP) is 4.80. The summed E-state index contributed by atoms with van der Waals surface area (Å²) in [4.78, 5) is 14.7. The minimum Gasteiger partial charge on any atom is -0.483 e. The Balaban J connectivity index is 1.51. The monoisotopic (exact) mass is 380 g/mol. The van der Waals surface area contributed by atoms with Gasteiger partial charge in [0, 0.05) is 18.8 Å². The van der Waals surface area contributed by atoms with Crippen molar-refractivity contribution in [1.82, 2.24) is 5.32 Å². The van der Waals surface area contributed by atoms with Gasteiger partial charge in [0.2, 0.25) is 0 Å². The maximum absolute atomic E-state index is 12.3. The summed E-state index contributed by atoms with van der Waals surface area (Å²) in [5, 5.41) is 3.03. The predicted molar refractivity (Wildman–Crippen MR) is 115 cm³/mol. The Kier molecular flexibility index (Phi) is 6.61. The van der Waals surface area contributed by atoms with Gasteiger partial charge in [-0.05, 0) is 74.4 Å². The Labute approximate surface area is 168 Å². The van der Waals surface area contributed by atoms with E-state index in [1.807, 2.05) is 39.0 Å². The number of benzene rings is 2. The van der Waals surface area contributed by atoms with Crippen LogP contribution >= 0.6 is 0 Å². The summed E-state index contributed by atoms with van der Waals surface area (Å²) in [7, 11) is 0. The molecule has 1 amide bonds. The second-order valence-electron chi connectivity index (χ2n) is 8.11. The molecular formula is C24H32N2O2. The summed E-state index contributed by atoms with van der Waals surface area (Å²) >= 11 is 0. The fraction of sp³-hybridized carbons (Fsp3) is 0.458. The molecule has 0 bridgehead atoms. The van der Waals surface area contributed by atoms with E-state index in [2.05, 4.69) is 41.4 Å². The Hall–Kier alpha value is -2.49. The first-order valence-corrected chi connectivity index (χ1v) is 10.3. The lowest BCUT2D eigenvalue weighted by Gasteiger charge is -2.32. The molecule has 150 valence electrons. The molecule has 1 atom stereocenters. The molecule has 4 heteroatoms. The molecule has 0 aromatic heterocycles. The van der Waals surface area contributed by atoms with Crippen LogP contribution < -0.4 is 15.0 Å². The van der Waals surface area contributed by atoms with Gasteiger partial charge in [-0.1, -0.05) is 31.2 Å². The number of nitrogens with one attached hydrogen (secondary N) is 1. The van der Waals surface area contributed by atoms with Crippen LogP contribution in [0, 0.1) is 19.8 Å². The first kappa shape index (κ1) is 20.2. The van der Waals surface area contributed by atoms with Crippen LogP contribution in [0.5, 0.6) is 5.75 Å². The average molecular weight is 381 g/mol. The zero-order valence-corrected chi connectivity index (χ0v) is 17.5. The molecule has 0 radical (unpaired) electrons. The van der Waals surface area contributed by atoms with Crippen LogP contribution in [-0.2, 0) is 4.79 Å². The van der Waals surface area contributed by atoms with Gasteiger partial charge in [-0.3, -0.25) is 4.79 Å². The molecule has 1 fully saturated rings. The standard InChI is InChI=1S/C24H32N2O2/c1-17-11-13-26(14-12-17)22-9-7-21(8-10-22)20(4)25-24(27)16-28-23-15-18(2)5-6-19(23)3/h5-10,15,17,20H,11-14,16H2,1-4H3,(H,25,27). The highest BCUT2D eigenvalue weighted by atomic mass is 16.5. The number of ether oxygens (including phenoxy) is 1. The lowest BCUT2D eigenvalue weighted by molar-refractivity contribution is -0.123. The third kappa shape index (κ3) is 5.28. The van der Waals surface area contributed by atoms with Gasteiger partial charge in [-0.15, -0.1) is 0 Å². The molecule has 0 saturated carbocycles. The molecule has 1 N–H and O–H groups in total. The molecule has 1 unspecified atom stereocenters. The van der Waals surface area contributed by atoms with E-state index in [1.54, 1.807) is 0 Å². The molecule has 0 aliphatic carbocycles. The number of carbonyl (C=O) groups excluding carboxylic acids is 1. The Morgan fingerprint density at radius 2 is 1.82 bits per heavy atom. The second kappa shape index (κ2) is 9.13. The van der Waals surface area contributed by atoms with E-state index in [9.17, 15) is 4.79 Å². The van der Waals surface area contributed by atoms with Gasteiger partial charge < -0.3 is 15.0 Å². The van der Waals surface area contributed by atoms with Crippen molar-refractivity contribution in [2.45, 2.75) is 46.6 Å². The van der Waals surface area contributed by atoms with E-state index in [-0.39, 0.29) is 18.6 Å². The van der Waals surface area contributed by atoms with Crippen molar-refractivity contribution in [3.63, 3.8) is 0 Å². The van der Waals surface area contributed by atoms with E-state index in [4.69, 9.17) is 4.74 Å². The summed E-state index contributed by atoms with van der Waals surface area (Å²) in [6.07, 6.45) is 2.52. The number of anilines is 1. The van der Waals surface area contributed by atoms with Gasteiger partial charge in [-0.2, -0.15) is 0 Å².